The van der Waals surface area contributed by atoms with Gasteiger partial charge in [0.2, 0.25) is 11.8 Å². The predicted octanol–water partition coefficient (Wildman–Crippen LogP) is 1.13. The first-order chi connectivity index (χ1) is 12.2. The largest absolute Gasteiger partial charge is 0.341 e. The summed E-state index contributed by atoms with van der Waals surface area (Å²) in [5, 5.41) is 0. The van der Waals surface area contributed by atoms with Crippen LogP contribution in [0.15, 0.2) is 24.5 Å². The van der Waals surface area contributed by atoms with Gasteiger partial charge in [-0.05, 0) is 30.9 Å². The molecule has 3 heterocycles. The first-order valence-electron chi connectivity index (χ1n) is 9.40. The third-order valence-electron chi connectivity index (χ3n) is 5.52. The summed E-state index contributed by atoms with van der Waals surface area (Å²) in [4.78, 5) is 35.5. The van der Waals surface area contributed by atoms with E-state index in [1.165, 1.54) is 5.56 Å². The van der Waals surface area contributed by atoms with Gasteiger partial charge in [-0.3, -0.25) is 19.5 Å². The molecule has 0 spiro atoms. The Hall–Kier alpha value is -1.95. The van der Waals surface area contributed by atoms with Gasteiger partial charge in [0.1, 0.15) is 0 Å². The lowest BCUT2D eigenvalue weighted by atomic mass is 10.1. The van der Waals surface area contributed by atoms with Crippen molar-refractivity contribution in [3.8, 4) is 0 Å². The van der Waals surface area contributed by atoms with Crippen molar-refractivity contribution < 1.29 is 9.59 Å². The van der Waals surface area contributed by atoms with E-state index >= 15 is 0 Å². The Balaban J connectivity index is 1.31. The van der Waals surface area contributed by atoms with Gasteiger partial charge in [-0.25, -0.2) is 0 Å². The molecule has 0 aromatic carbocycles. The van der Waals surface area contributed by atoms with E-state index in [1.807, 2.05) is 22.1 Å². The number of hydrogen-bond donors (Lipinski definition) is 0. The third-order valence-corrected chi connectivity index (χ3v) is 5.52. The summed E-state index contributed by atoms with van der Waals surface area (Å²) in [6, 6.07) is 4.48. The zero-order valence-corrected chi connectivity index (χ0v) is 14.6. The second-order valence-corrected chi connectivity index (χ2v) is 7.49. The summed E-state index contributed by atoms with van der Waals surface area (Å²) in [6.07, 6.45) is 7.31. The van der Waals surface area contributed by atoms with E-state index < -0.39 is 0 Å². The normalized spacial score (nSPS) is 25.3. The summed E-state index contributed by atoms with van der Waals surface area (Å²) in [5.41, 5.74) is 1.21. The molecular weight excluding hydrogens is 316 g/mol. The molecule has 6 nitrogen and oxygen atoms in total. The first kappa shape index (κ1) is 16.5. The summed E-state index contributed by atoms with van der Waals surface area (Å²) < 4.78 is 0. The molecule has 1 aliphatic carbocycles. The number of amides is 2. The van der Waals surface area contributed by atoms with Crippen LogP contribution in [0.3, 0.4) is 0 Å². The standard InChI is InChI=1S/C19H26N4O2/c24-18-11-16(14-23(18)17-4-5-17)19(25)22-8-2-7-21(9-10-22)13-15-3-1-6-20-12-15/h1,3,6,12,16-17H,2,4-5,7-11,13-14H2. The molecule has 6 heteroatoms. The van der Waals surface area contributed by atoms with E-state index in [0.717, 1.165) is 52.0 Å². The fraction of sp³-hybridized carbons (Fsp3) is 0.632. The van der Waals surface area contributed by atoms with Gasteiger partial charge in [0.25, 0.3) is 0 Å². The van der Waals surface area contributed by atoms with Gasteiger partial charge in [-0.1, -0.05) is 6.07 Å². The molecule has 1 atom stereocenters. The van der Waals surface area contributed by atoms with Gasteiger partial charge in [0.05, 0.1) is 5.92 Å². The van der Waals surface area contributed by atoms with Crippen molar-refractivity contribution in [1.29, 1.82) is 0 Å². The van der Waals surface area contributed by atoms with Gasteiger partial charge in [0, 0.05) is 64.1 Å². The van der Waals surface area contributed by atoms with E-state index in [9.17, 15) is 9.59 Å². The number of rotatable bonds is 4. The van der Waals surface area contributed by atoms with Crippen LogP contribution in [0.2, 0.25) is 0 Å². The van der Waals surface area contributed by atoms with Gasteiger partial charge in [-0.2, -0.15) is 0 Å². The van der Waals surface area contributed by atoms with Crippen molar-refractivity contribution in [2.75, 3.05) is 32.7 Å². The van der Waals surface area contributed by atoms with Gasteiger partial charge in [0.15, 0.2) is 0 Å². The quantitative estimate of drug-likeness (QED) is 0.823. The van der Waals surface area contributed by atoms with E-state index in [4.69, 9.17) is 0 Å². The molecule has 0 N–H and O–H groups in total. The Morgan fingerprint density at radius 3 is 2.84 bits per heavy atom. The van der Waals surface area contributed by atoms with E-state index in [1.54, 1.807) is 6.20 Å². The zero-order chi connectivity index (χ0) is 17.2. The lowest BCUT2D eigenvalue weighted by Crippen LogP contribution is -2.40. The fourth-order valence-electron chi connectivity index (χ4n) is 3.99. The zero-order valence-electron chi connectivity index (χ0n) is 14.6. The van der Waals surface area contributed by atoms with E-state index in [-0.39, 0.29) is 17.7 Å². The number of nitrogens with zero attached hydrogens (tertiary/aromatic N) is 4. The van der Waals surface area contributed by atoms with Crippen LogP contribution in [0, 0.1) is 5.92 Å². The molecule has 0 bridgehead atoms. The molecule has 134 valence electrons. The van der Waals surface area contributed by atoms with Crippen LogP contribution < -0.4 is 0 Å². The highest BCUT2D eigenvalue weighted by atomic mass is 16.2. The molecule has 25 heavy (non-hydrogen) atoms. The van der Waals surface area contributed by atoms with Crippen molar-refractivity contribution in [2.24, 2.45) is 5.92 Å². The van der Waals surface area contributed by atoms with Crippen molar-refractivity contribution in [2.45, 2.75) is 38.3 Å². The minimum absolute atomic E-state index is 0.127. The highest BCUT2D eigenvalue weighted by Crippen LogP contribution is 2.33. The number of likely N-dealkylation sites (tertiary alicyclic amines) is 1. The molecule has 4 rings (SSSR count). The molecule has 2 amide bonds. The van der Waals surface area contributed by atoms with E-state index in [0.29, 0.717) is 19.0 Å². The molecular formula is C19H26N4O2. The Morgan fingerprint density at radius 2 is 2.08 bits per heavy atom. The Kier molecular flexibility index (Phi) is 4.70. The molecule has 2 aliphatic heterocycles. The monoisotopic (exact) mass is 342 g/mol. The predicted molar refractivity (Wildman–Crippen MR) is 93.6 cm³/mol. The molecule has 1 aromatic heterocycles. The number of pyridine rings is 1. The second kappa shape index (κ2) is 7.12. The molecule has 3 aliphatic rings. The lowest BCUT2D eigenvalue weighted by Gasteiger charge is -2.24. The summed E-state index contributed by atoms with van der Waals surface area (Å²) in [6.45, 7) is 4.96. The fourth-order valence-corrected chi connectivity index (χ4v) is 3.99. The van der Waals surface area contributed by atoms with Crippen molar-refractivity contribution >= 4 is 11.8 Å². The molecule has 0 radical (unpaired) electrons. The van der Waals surface area contributed by atoms with Gasteiger partial charge in [-0.15, -0.1) is 0 Å². The van der Waals surface area contributed by atoms with Crippen LogP contribution in [0.1, 0.15) is 31.2 Å². The Morgan fingerprint density at radius 1 is 1.20 bits per heavy atom. The third kappa shape index (κ3) is 3.84. The average molecular weight is 342 g/mol. The van der Waals surface area contributed by atoms with Crippen molar-refractivity contribution in [3.63, 3.8) is 0 Å². The maximum absolute atomic E-state index is 12.9. The number of carbonyl (C=O) groups excluding carboxylic acids is 2. The summed E-state index contributed by atoms with van der Waals surface area (Å²) in [5.74, 6) is 0.228. The Bertz CT molecular complexity index is 632. The van der Waals surface area contributed by atoms with Crippen LogP contribution in [0.5, 0.6) is 0 Å². The highest BCUT2D eigenvalue weighted by molar-refractivity contribution is 5.89. The Labute approximate surface area is 148 Å². The number of carbonyl (C=O) groups is 2. The highest BCUT2D eigenvalue weighted by Gasteiger charge is 2.42. The van der Waals surface area contributed by atoms with Crippen LogP contribution >= 0.6 is 0 Å². The second-order valence-electron chi connectivity index (χ2n) is 7.49. The molecule has 2 saturated heterocycles. The minimum atomic E-state index is -0.127. The van der Waals surface area contributed by atoms with Crippen molar-refractivity contribution in [3.05, 3.63) is 30.1 Å². The number of hydrogen-bond acceptors (Lipinski definition) is 4. The number of aromatic nitrogens is 1. The maximum atomic E-state index is 12.9. The van der Waals surface area contributed by atoms with E-state index in [2.05, 4.69) is 16.0 Å². The minimum Gasteiger partial charge on any atom is -0.341 e. The molecule has 1 saturated carbocycles. The SMILES string of the molecule is O=C(C1CC(=O)N(C2CC2)C1)N1CCCN(Cc2cccnc2)CC1. The molecule has 1 aromatic rings. The lowest BCUT2D eigenvalue weighted by molar-refractivity contribution is -0.135. The van der Waals surface area contributed by atoms with Crippen molar-refractivity contribution in [1.82, 2.24) is 19.7 Å². The smallest absolute Gasteiger partial charge is 0.228 e. The molecule has 3 fully saturated rings. The van der Waals surface area contributed by atoms with Gasteiger partial charge < -0.3 is 9.80 Å². The topological polar surface area (TPSA) is 56.8 Å². The van der Waals surface area contributed by atoms with Crippen LogP contribution in [-0.4, -0.2) is 70.3 Å². The summed E-state index contributed by atoms with van der Waals surface area (Å²) >= 11 is 0. The van der Waals surface area contributed by atoms with Crippen LogP contribution in [-0.2, 0) is 16.1 Å². The summed E-state index contributed by atoms with van der Waals surface area (Å²) in [7, 11) is 0. The van der Waals surface area contributed by atoms with Crippen LogP contribution in [0.25, 0.3) is 0 Å². The first-order valence-corrected chi connectivity index (χ1v) is 9.40. The maximum Gasteiger partial charge on any atom is 0.228 e. The van der Waals surface area contributed by atoms with Crippen LogP contribution in [0.4, 0.5) is 0 Å². The molecule has 1 unspecified atom stereocenters. The average Bonchev–Trinajstić information content (AvgIpc) is 3.42. The van der Waals surface area contributed by atoms with Gasteiger partial charge >= 0.3 is 0 Å².